The van der Waals surface area contributed by atoms with E-state index in [0.717, 1.165) is 23.3 Å². The summed E-state index contributed by atoms with van der Waals surface area (Å²) < 4.78 is 5.48. The van der Waals surface area contributed by atoms with Crippen molar-refractivity contribution in [3.63, 3.8) is 0 Å². The summed E-state index contributed by atoms with van der Waals surface area (Å²) in [6.45, 7) is 0. The zero-order chi connectivity index (χ0) is 16.4. The van der Waals surface area contributed by atoms with Crippen LogP contribution < -0.4 is 16.0 Å². The van der Waals surface area contributed by atoms with Gasteiger partial charge in [0, 0.05) is 31.1 Å². The molecule has 4 N–H and O–H groups in total. The molecule has 0 unspecified atom stereocenters. The third-order valence-corrected chi connectivity index (χ3v) is 6.78. The van der Waals surface area contributed by atoms with Gasteiger partial charge in [-0.3, -0.25) is 5.41 Å². The number of thioether (sulfide) groups is 1. The predicted molar refractivity (Wildman–Crippen MR) is 97.2 cm³/mol. The average molecular weight is 366 g/mol. The van der Waals surface area contributed by atoms with Crippen LogP contribution in [0.4, 0.5) is 0 Å². The van der Waals surface area contributed by atoms with E-state index >= 15 is 0 Å². The van der Waals surface area contributed by atoms with E-state index in [9.17, 15) is 4.79 Å². The minimum Gasteiger partial charge on any atom is -0.394 e. The number of nitrogens with zero attached hydrogens (tertiary/aromatic N) is 1. The third-order valence-electron chi connectivity index (χ3n) is 3.57. The summed E-state index contributed by atoms with van der Waals surface area (Å²) in [6.07, 6.45) is 9.10. The predicted octanol–water partition coefficient (Wildman–Crippen LogP) is 1.31. The number of nitrogens with two attached hydrogens (primary N) is 1. The van der Waals surface area contributed by atoms with Crippen molar-refractivity contribution in [1.82, 2.24) is 15.0 Å². The zero-order valence-corrected chi connectivity index (χ0v) is 15.3. The van der Waals surface area contributed by atoms with Crippen LogP contribution in [0.25, 0.3) is 10.4 Å². The quantitative estimate of drug-likeness (QED) is 0.434. The van der Waals surface area contributed by atoms with E-state index in [2.05, 4.69) is 15.0 Å². The first-order valence-corrected chi connectivity index (χ1v) is 9.88. The Labute approximate surface area is 146 Å². The lowest BCUT2D eigenvalue weighted by Gasteiger charge is -2.13. The maximum atomic E-state index is 12.6. The molecule has 0 atom stereocenters. The Morgan fingerprint density at radius 2 is 2.30 bits per heavy atom. The fourth-order valence-corrected chi connectivity index (χ4v) is 5.54. The summed E-state index contributed by atoms with van der Waals surface area (Å²) in [7, 11) is 1.78. The Hall–Kier alpha value is -1.64. The second-order valence-electron chi connectivity index (χ2n) is 4.99. The van der Waals surface area contributed by atoms with Gasteiger partial charge in [0.25, 0.3) is 5.84 Å². The first kappa shape index (κ1) is 16.2. The number of carbonyl (C=O) groups excluding carboxylic acids is 1. The molecule has 1 amide bonds. The summed E-state index contributed by atoms with van der Waals surface area (Å²) in [4.78, 5) is 14.6. The number of amidine groups is 1. The second-order valence-corrected chi connectivity index (χ2v) is 7.89. The van der Waals surface area contributed by atoms with Gasteiger partial charge in [0.15, 0.2) is 0 Å². The molecule has 0 saturated heterocycles. The molecule has 2 heterocycles. The standard InChI is InChI=1S/C15H16N4OS3/c1-17-6-5-10(16)19-14(20)13-9-4-3-8-7-18-23-12(8)11(9)15(21-2)22-13/h5-7,17H,3-4H2,1-2H3,(H2,16,19,20)/p+1/b6-5-. The first-order valence-electron chi connectivity index (χ1n) is 7.06. The Bertz CT molecular complexity index is 791. The summed E-state index contributed by atoms with van der Waals surface area (Å²) in [5.41, 5.74) is 3.60. The number of hydrogen-bond donors (Lipinski definition) is 3. The molecule has 120 valence electrons. The van der Waals surface area contributed by atoms with Gasteiger partial charge in [0.1, 0.15) is 4.88 Å². The molecule has 1 aliphatic rings. The Kier molecular flexibility index (Phi) is 4.84. The number of nitrogens with one attached hydrogen (secondary N) is 2. The summed E-state index contributed by atoms with van der Waals surface area (Å²) >= 11 is 4.72. The molecule has 0 aliphatic heterocycles. The van der Waals surface area contributed by atoms with Gasteiger partial charge in [-0.25, -0.2) is 14.5 Å². The van der Waals surface area contributed by atoms with Crippen molar-refractivity contribution in [2.24, 2.45) is 0 Å². The summed E-state index contributed by atoms with van der Waals surface area (Å²) in [5, 5.41) is 11.4. The zero-order valence-electron chi connectivity index (χ0n) is 12.8. The number of carbonyl (C=O) groups is 1. The minimum atomic E-state index is -0.141. The van der Waals surface area contributed by atoms with Gasteiger partial charge in [0.2, 0.25) is 0 Å². The van der Waals surface area contributed by atoms with Crippen molar-refractivity contribution < 1.29 is 10.2 Å². The van der Waals surface area contributed by atoms with Crippen LogP contribution in [0, 0.1) is 0 Å². The monoisotopic (exact) mass is 365 g/mol. The highest BCUT2D eigenvalue weighted by atomic mass is 32.2. The fourth-order valence-electron chi connectivity index (χ4n) is 2.54. The lowest BCUT2D eigenvalue weighted by molar-refractivity contribution is -0.115. The number of aromatic nitrogens is 1. The molecule has 23 heavy (non-hydrogen) atoms. The van der Waals surface area contributed by atoms with Crippen LogP contribution in [0.2, 0.25) is 0 Å². The van der Waals surface area contributed by atoms with Crippen LogP contribution in [0.15, 0.2) is 22.7 Å². The van der Waals surface area contributed by atoms with Gasteiger partial charge in [-0.2, -0.15) is 0 Å². The van der Waals surface area contributed by atoms with Crippen LogP contribution in [-0.2, 0) is 12.8 Å². The minimum absolute atomic E-state index is 0.141. The van der Waals surface area contributed by atoms with Crippen LogP contribution in [0.3, 0.4) is 0 Å². The van der Waals surface area contributed by atoms with E-state index in [-0.39, 0.29) is 5.91 Å². The summed E-state index contributed by atoms with van der Waals surface area (Å²) in [6, 6.07) is 0. The number of rotatable bonds is 4. The highest BCUT2D eigenvalue weighted by Gasteiger charge is 2.30. The molecule has 3 rings (SSSR count). The molecule has 5 nitrogen and oxygen atoms in total. The van der Waals surface area contributed by atoms with E-state index in [1.807, 2.05) is 12.5 Å². The maximum Gasteiger partial charge on any atom is 0.349 e. The van der Waals surface area contributed by atoms with Gasteiger partial charge < -0.3 is 5.32 Å². The summed E-state index contributed by atoms with van der Waals surface area (Å²) in [5.74, 6) is 0.184. The maximum absolute atomic E-state index is 12.6. The van der Waals surface area contributed by atoms with Crippen LogP contribution >= 0.6 is 34.6 Å². The number of thiophene rings is 1. The molecule has 0 fully saturated rings. The van der Waals surface area contributed by atoms with Crippen LogP contribution in [0.1, 0.15) is 20.8 Å². The molecular formula is C15H17N4OS3+. The van der Waals surface area contributed by atoms with Crippen molar-refractivity contribution in [2.75, 3.05) is 13.3 Å². The van der Waals surface area contributed by atoms with Gasteiger partial charge >= 0.3 is 5.91 Å². The van der Waals surface area contributed by atoms with Gasteiger partial charge in [-0.05, 0) is 41.8 Å². The molecule has 0 saturated carbocycles. The molecule has 8 heteroatoms. The van der Waals surface area contributed by atoms with Crippen molar-refractivity contribution in [3.05, 3.63) is 34.5 Å². The van der Waals surface area contributed by atoms with Gasteiger partial charge in [-0.15, -0.1) is 23.1 Å². The molecule has 0 radical (unpaired) electrons. The highest BCUT2D eigenvalue weighted by Crippen LogP contribution is 2.47. The third kappa shape index (κ3) is 3.06. The SMILES string of the molecule is CN/C=C\C(=[NH2+])NC(=O)c1sc(SC)c2c1CCc1cnsc1-2. The molecule has 2 aromatic heterocycles. The molecule has 0 spiro atoms. The fraction of sp³-hybridized carbons (Fsp3) is 0.267. The van der Waals surface area contributed by atoms with Crippen molar-refractivity contribution in [3.8, 4) is 10.4 Å². The molecule has 0 bridgehead atoms. The van der Waals surface area contributed by atoms with E-state index in [4.69, 9.17) is 5.41 Å². The molecule has 0 aromatic carbocycles. The number of fused-ring (bicyclic) bond motifs is 3. The van der Waals surface area contributed by atoms with Gasteiger partial charge in [0.05, 0.1) is 9.09 Å². The molecular weight excluding hydrogens is 348 g/mol. The van der Waals surface area contributed by atoms with E-state index in [1.165, 1.54) is 43.1 Å². The Morgan fingerprint density at radius 3 is 3.04 bits per heavy atom. The smallest absolute Gasteiger partial charge is 0.349 e. The lowest BCUT2D eigenvalue weighted by atomic mass is 9.93. The van der Waals surface area contributed by atoms with Crippen molar-refractivity contribution in [2.45, 2.75) is 17.1 Å². The van der Waals surface area contributed by atoms with E-state index in [0.29, 0.717) is 5.84 Å². The second kappa shape index (κ2) is 6.86. The van der Waals surface area contributed by atoms with E-state index < -0.39 is 0 Å². The van der Waals surface area contributed by atoms with Crippen LogP contribution in [0.5, 0.6) is 0 Å². The Morgan fingerprint density at radius 1 is 1.48 bits per heavy atom. The van der Waals surface area contributed by atoms with Crippen molar-refractivity contribution in [1.29, 1.82) is 0 Å². The highest BCUT2D eigenvalue weighted by molar-refractivity contribution is 8.00. The van der Waals surface area contributed by atoms with Crippen molar-refractivity contribution >= 4 is 46.4 Å². The lowest BCUT2D eigenvalue weighted by Crippen LogP contribution is -2.49. The topological polar surface area (TPSA) is 79.6 Å². The normalized spacial score (nSPS) is 12.8. The van der Waals surface area contributed by atoms with Gasteiger partial charge in [-0.1, -0.05) is 0 Å². The molecule has 2 aromatic rings. The largest absolute Gasteiger partial charge is 0.394 e. The van der Waals surface area contributed by atoms with Crippen LogP contribution in [-0.4, -0.2) is 29.4 Å². The first-order chi connectivity index (χ1) is 11.2. The number of hydrogen-bond acceptors (Lipinski definition) is 6. The molecule has 1 aliphatic carbocycles. The Balaban J connectivity index is 1.95. The number of aryl methyl sites for hydroxylation is 1. The number of amides is 1. The van der Waals surface area contributed by atoms with E-state index in [1.54, 1.807) is 31.1 Å². The average Bonchev–Trinajstić information content (AvgIpc) is 3.15.